The lowest BCUT2D eigenvalue weighted by Gasteiger charge is -2.30. The molecule has 0 saturated carbocycles. The first-order valence-electron chi connectivity index (χ1n) is 14.7. The van der Waals surface area contributed by atoms with Gasteiger partial charge in [-0.25, -0.2) is 28.6 Å². The van der Waals surface area contributed by atoms with Gasteiger partial charge >= 0.3 is 23.5 Å². The lowest BCUT2D eigenvalue weighted by Crippen LogP contribution is -2.46. The number of hydrogen-bond acceptors (Lipinski definition) is 17. The van der Waals surface area contributed by atoms with Gasteiger partial charge < -0.3 is 56.0 Å². The second kappa shape index (κ2) is 17.3. The van der Waals surface area contributed by atoms with E-state index in [1.807, 2.05) is 0 Å². The fourth-order valence-electron chi connectivity index (χ4n) is 4.40. The number of phosphoric acid groups is 3. The Kier molecular flexibility index (Phi) is 14.5. The van der Waals surface area contributed by atoms with E-state index in [4.69, 9.17) is 24.6 Å². The van der Waals surface area contributed by atoms with Crippen molar-refractivity contribution in [3.8, 4) is 0 Å². The van der Waals surface area contributed by atoms with E-state index in [9.17, 15) is 53.1 Å². The van der Waals surface area contributed by atoms with Gasteiger partial charge in [-0.1, -0.05) is 13.8 Å². The van der Waals surface area contributed by atoms with Crippen LogP contribution in [0.1, 0.15) is 39.3 Å². The van der Waals surface area contributed by atoms with E-state index >= 15 is 0 Å². The Morgan fingerprint density at radius 1 is 1.06 bits per heavy atom. The van der Waals surface area contributed by atoms with Crippen molar-refractivity contribution in [1.29, 1.82) is 0 Å². The number of nitrogens with two attached hydrogens (primary N) is 1. The van der Waals surface area contributed by atoms with Crippen LogP contribution in [0.5, 0.6) is 0 Å². The minimum Gasteiger partial charge on any atom is -0.396 e. The molecule has 2 aromatic rings. The number of hydrogen-bond donors (Lipinski definition) is 10. The van der Waals surface area contributed by atoms with Gasteiger partial charge in [0.2, 0.25) is 11.8 Å². The van der Waals surface area contributed by atoms with Crippen molar-refractivity contribution >= 4 is 52.3 Å². The molecule has 7 atom stereocenters. The predicted octanol–water partition coefficient (Wildman–Crippen LogP) is -1.82. The number of rotatable bonds is 20. The number of anilines is 1. The van der Waals surface area contributed by atoms with Crippen LogP contribution in [0.15, 0.2) is 12.7 Å². The van der Waals surface area contributed by atoms with Crippen LogP contribution in [0.4, 0.5) is 5.82 Å². The third kappa shape index (κ3) is 12.0. The summed E-state index contributed by atoms with van der Waals surface area (Å²) >= 11 is 0. The molecule has 1 fully saturated rings. The number of nitrogens with one attached hydrogen (secondary N) is 2. The van der Waals surface area contributed by atoms with Crippen molar-refractivity contribution in [1.82, 2.24) is 30.2 Å². The first-order chi connectivity index (χ1) is 23.2. The van der Waals surface area contributed by atoms with Crippen molar-refractivity contribution in [2.45, 2.75) is 63.8 Å². The monoisotopic (exact) mass is 779 g/mol. The van der Waals surface area contributed by atoms with Gasteiger partial charge in [-0.3, -0.25) is 27.7 Å². The largest absolute Gasteiger partial charge is 0.481 e. The first kappa shape index (κ1) is 41.9. The molecule has 3 heterocycles. The number of unbranched alkanes of at least 4 members (excludes halogenated alkanes) is 1. The first-order valence-corrected chi connectivity index (χ1v) is 19.2. The number of aromatic nitrogens is 4. The normalized spacial score (nSPS) is 22.9. The third-order valence-corrected chi connectivity index (χ3v) is 10.1. The van der Waals surface area contributed by atoms with Crippen LogP contribution < -0.4 is 16.4 Å². The van der Waals surface area contributed by atoms with Gasteiger partial charge in [0.1, 0.15) is 36.3 Å². The molecule has 24 nitrogen and oxygen atoms in total. The summed E-state index contributed by atoms with van der Waals surface area (Å²) in [4.78, 5) is 74.9. The molecule has 1 aliphatic rings. The second-order valence-electron chi connectivity index (χ2n) is 11.5. The summed E-state index contributed by atoms with van der Waals surface area (Å²) in [7, 11) is -16.3. The predicted molar refractivity (Wildman–Crippen MR) is 166 cm³/mol. The molecule has 0 aliphatic carbocycles. The van der Waals surface area contributed by atoms with E-state index in [0.717, 1.165) is 17.2 Å². The number of amides is 2. The fourth-order valence-corrected chi connectivity index (χ4v) is 7.23. The molecule has 0 bridgehead atoms. The molecule has 2 amide bonds. The Morgan fingerprint density at radius 3 is 2.40 bits per heavy atom. The number of imidazole rings is 1. The van der Waals surface area contributed by atoms with Crippen molar-refractivity contribution < 1.29 is 80.8 Å². The van der Waals surface area contributed by atoms with Crippen molar-refractivity contribution in [2.75, 3.05) is 38.6 Å². The Morgan fingerprint density at radius 2 is 1.74 bits per heavy atom. The number of aliphatic hydroxyl groups is 3. The molecule has 0 aromatic carbocycles. The molecule has 1 saturated heterocycles. The number of carbonyl (C=O) groups is 2. The van der Waals surface area contributed by atoms with Crippen molar-refractivity contribution in [2.24, 2.45) is 5.41 Å². The van der Waals surface area contributed by atoms with Crippen LogP contribution in [0.25, 0.3) is 11.2 Å². The van der Waals surface area contributed by atoms with E-state index in [1.54, 1.807) is 0 Å². The van der Waals surface area contributed by atoms with E-state index in [-0.39, 0.29) is 42.5 Å². The Balaban J connectivity index is 1.57. The van der Waals surface area contributed by atoms with Crippen LogP contribution >= 0.6 is 23.5 Å². The molecular weight excluding hydrogens is 739 g/mol. The lowest BCUT2D eigenvalue weighted by molar-refractivity contribution is -0.137. The highest BCUT2D eigenvalue weighted by Crippen LogP contribution is 2.61. The van der Waals surface area contributed by atoms with Gasteiger partial charge in [-0.2, -0.15) is 4.31 Å². The van der Waals surface area contributed by atoms with Gasteiger partial charge in [0, 0.05) is 31.5 Å². The van der Waals surface area contributed by atoms with Gasteiger partial charge in [0.15, 0.2) is 17.7 Å². The highest BCUT2D eigenvalue weighted by molar-refractivity contribution is 7.61. The second-order valence-corrected chi connectivity index (χ2v) is 15.7. The van der Waals surface area contributed by atoms with Crippen molar-refractivity contribution in [3.63, 3.8) is 0 Å². The summed E-state index contributed by atoms with van der Waals surface area (Å²) < 4.78 is 61.8. The van der Waals surface area contributed by atoms with E-state index in [0.29, 0.717) is 19.4 Å². The quantitative estimate of drug-likeness (QED) is 0.0522. The van der Waals surface area contributed by atoms with Gasteiger partial charge in [0.05, 0.1) is 19.5 Å². The molecule has 284 valence electrons. The molecule has 0 spiro atoms. The number of nitrogens with zero attached hydrogens (tertiary/aromatic N) is 4. The fraction of sp³-hybridized carbons (Fsp3) is 0.696. The summed E-state index contributed by atoms with van der Waals surface area (Å²) in [6.45, 7) is 0.669. The van der Waals surface area contributed by atoms with Gasteiger partial charge in [-0.05, 0) is 12.8 Å². The zero-order valence-corrected chi connectivity index (χ0v) is 29.3. The summed E-state index contributed by atoms with van der Waals surface area (Å²) in [5, 5.41) is 34.9. The standard InChI is InChI=1S/C23H40N7O17P3/c1-23(2,18(34)21(35)26-7-5-14(32)25-6-3-4-8-31)10-44-50(41,42)47-49(39,40)43-9-13-17(46-48(36,37)38)16(33)22(45-13)30-12-29-15-19(24)27-11-28-20(15)30/h11-13,16-18,22,31,33-34H,3-10H2,1-2H3,(H,25,32)(H,26,35)(H,39,40)(H,41,42)(H2,24,27,28)(H2,36,37,38)/t13-,16-,17-,18?,22-/m1/s1. The molecule has 50 heavy (non-hydrogen) atoms. The summed E-state index contributed by atoms with van der Waals surface area (Å²) in [6, 6.07) is 0. The molecule has 27 heteroatoms. The minimum atomic E-state index is -5.55. The lowest BCUT2D eigenvalue weighted by atomic mass is 9.87. The smallest absolute Gasteiger partial charge is 0.396 e. The average molecular weight is 780 g/mol. The zero-order chi connectivity index (χ0) is 37.5. The number of nitrogen functional groups attached to an aromatic ring is 1. The Labute approximate surface area is 283 Å². The van der Waals surface area contributed by atoms with Crippen LogP contribution in [-0.2, 0) is 45.9 Å². The van der Waals surface area contributed by atoms with Crippen LogP contribution in [-0.4, -0.2) is 124 Å². The highest BCUT2D eigenvalue weighted by Gasteiger charge is 2.50. The number of aliphatic hydroxyl groups excluding tert-OH is 3. The number of carbonyl (C=O) groups excluding carboxylic acids is 2. The van der Waals surface area contributed by atoms with Crippen molar-refractivity contribution in [3.05, 3.63) is 12.7 Å². The number of ether oxygens (including phenoxy) is 1. The topological polar surface area (TPSA) is 367 Å². The third-order valence-electron chi connectivity index (χ3n) is 6.98. The summed E-state index contributed by atoms with van der Waals surface area (Å²) in [5.74, 6) is -1.38. The van der Waals surface area contributed by atoms with Gasteiger partial charge in [-0.15, -0.1) is 0 Å². The highest BCUT2D eigenvalue weighted by atomic mass is 31.3. The molecule has 2 aromatic heterocycles. The van der Waals surface area contributed by atoms with E-state index < -0.39 is 78.6 Å². The molecular formula is C23H40N7O17P3. The molecule has 11 N–H and O–H groups in total. The number of phosphoric ester groups is 3. The Hall–Kier alpha value is -2.50. The average Bonchev–Trinajstić information content (AvgIpc) is 3.57. The molecule has 1 aliphatic heterocycles. The van der Waals surface area contributed by atoms with Crippen LogP contribution in [0.3, 0.4) is 0 Å². The summed E-state index contributed by atoms with van der Waals surface area (Å²) in [6.07, 6.45) is -5.74. The van der Waals surface area contributed by atoms with E-state index in [2.05, 4.69) is 34.4 Å². The maximum Gasteiger partial charge on any atom is 0.481 e. The maximum atomic E-state index is 12.6. The maximum absolute atomic E-state index is 12.6. The SMILES string of the molecule is CC(C)(COP(=O)(O)OP(=O)(O)OC[C@H]1O[C@@H](n2cnc3c(N)ncnc32)[C@H](O)[C@@H]1OP(=O)(O)O)C(O)C(=O)NCCC(=O)NCCCCO. The van der Waals surface area contributed by atoms with Crippen LogP contribution in [0.2, 0.25) is 0 Å². The van der Waals surface area contributed by atoms with Crippen LogP contribution in [0, 0.1) is 5.41 Å². The number of fused-ring (bicyclic) bond motifs is 1. The minimum absolute atomic E-state index is 0.0172. The summed E-state index contributed by atoms with van der Waals surface area (Å²) in [5.41, 5.74) is 4.28. The molecule has 3 rings (SSSR count). The Bertz CT molecular complexity index is 1620. The van der Waals surface area contributed by atoms with Gasteiger partial charge in [0.25, 0.3) is 0 Å². The zero-order valence-electron chi connectivity index (χ0n) is 26.6. The molecule has 0 radical (unpaired) electrons. The van der Waals surface area contributed by atoms with E-state index in [1.165, 1.54) is 13.8 Å². The molecule has 3 unspecified atom stereocenters.